The average molecular weight is 408 g/mol. The minimum atomic E-state index is -0.0846. The lowest BCUT2D eigenvalue weighted by atomic mass is 10.1. The Morgan fingerprint density at radius 1 is 1.13 bits per heavy atom. The van der Waals surface area contributed by atoms with Gasteiger partial charge in [-0.15, -0.1) is 0 Å². The van der Waals surface area contributed by atoms with E-state index in [4.69, 9.17) is 4.98 Å². The molecule has 0 saturated heterocycles. The van der Waals surface area contributed by atoms with Crippen LogP contribution in [0.4, 0.5) is 0 Å². The van der Waals surface area contributed by atoms with E-state index in [1.807, 2.05) is 42.6 Å². The summed E-state index contributed by atoms with van der Waals surface area (Å²) in [5.74, 6) is 0.589. The second-order valence-corrected chi connectivity index (χ2v) is 7.57. The molecule has 0 unspecified atom stereocenters. The molecule has 7 nitrogen and oxygen atoms in total. The van der Waals surface area contributed by atoms with Crippen molar-refractivity contribution < 1.29 is 0 Å². The van der Waals surface area contributed by atoms with Crippen molar-refractivity contribution >= 4 is 0 Å². The molecular weight excluding hydrogens is 388 g/mol. The van der Waals surface area contributed by atoms with E-state index in [-0.39, 0.29) is 5.56 Å². The first-order valence-electron chi connectivity index (χ1n) is 10.1. The van der Waals surface area contributed by atoms with Gasteiger partial charge in [0.2, 0.25) is 0 Å². The Morgan fingerprint density at radius 3 is 2.84 bits per heavy atom. The minimum Gasteiger partial charge on any atom is -0.320 e. The average Bonchev–Trinajstić information content (AvgIpc) is 3.28. The number of aromatic nitrogens is 4. The number of nitriles is 1. The highest BCUT2D eigenvalue weighted by molar-refractivity contribution is 5.54. The van der Waals surface area contributed by atoms with E-state index in [0.717, 1.165) is 41.2 Å². The van der Waals surface area contributed by atoms with Gasteiger partial charge < -0.3 is 9.55 Å². The lowest BCUT2D eigenvalue weighted by Crippen LogP contribution is -2.35. The van der Waals surface area contributed by atoms with Gasteiger partial charge in [-0.25, -0.2) is 4.98 Å². The van der Waals surface area contributed by atoms with Crippen LogP contribution in [0, 0.1) is 11.3 Å². The Balaban J connectivity index is 1.39. The molecule has 0 atom stereocenters. The molecule has 0 spiro atoms. The number of hydrogen-bond acceptors (Lipinski definition) is 5. The minimum absolute atomic E-state index is 0.0846. The summed E-state index contributed by atoms with van der Waals surface area (Å²) in [4.78, 5) is 26.7. The molecule has 0 fully saturated rings. The number of benzene rings is 1. The summed E-state index contributed by atoms with van der Waals surface area (Å²) in [5.41, 5.74) is 5.06. The second kappa shape index (κ2) is 8.01. The Morgan fingerprint density at radius 2 is 2.00 bits per heavy atom. The molecule has 1 aliphatic rings. The maximum atomic E-state index is 12.8. The highest BCUT2D eigenvalue weighted by Gasteiger charge is 2.22. The Labute approximate surface area is 179 Å². The molecule has 5 rings (SSSR count). The van der Waals surface area contributed by atoms with E-state index >= 15 is 0 Å². The smallest absolute Gasteiger partial charge is 0.255 e. The van der Waals surface area contributed by atoms with E-state index in [0.29, 0.717) is 24.5 Å². The zero-order chi connectivity index (χ0) is 21.2. The van der Waals surface area contributed by atoms with Crippen LogP contribution in [-0.2, 0) is 19.5 Å². The van der Waals surface area contributed by atoms with Crippen LogP contribution in [0.2, 0.25) is 0 Å². The van der Waals surface area contributed by atoms with E-state index in [1.54, 1.807) is 18.5 Å². The van der Waals surface area contributed by atoms with Crippen molar-refractivity contribution in [2.75, 3.05) is 6.54 Å². The molecule has 0 radical (unpaired) electrons. The first kappa shape index (κ1) is 19.0. The van der Waals surface area contributed by atoms with Crippen LogP contribution in [0.5, 0.6) is 0 Å². The van der Waals surface area contributed by atoms with Crippen LogP contribution < -0.4 is 5.56 Å². The Hall–Kier alpha value is -4.02. The van der Waals surface area contributed by atoms with Gasteiger partial charge in [-0.1, -0.05) is 6.07 Å². The SMILES string of the molecule is N#Cc1cccc(-n2cccc2CN2CCc3nc(-c4ccncc4)[nH]c(=O)c3C2)c1. The summed E-state index contributed by atoms with van der Waals surface area (Å²) >= 11 is 0. The van der Waals surface area contributed by atoms with Gasteiger partial charge in [-0.05, 0) is 42.5 Å². The molecule has 152 valence electrons. The number of rotatable bonds is 4. The predicted octanol–water partition coefficient (Wildman–Crippen LogP) is 3.05. The zero-order valence-electron chi connectivity index (χ0n) is 16.8. The van der Waals surface area contributed by atoms with Crippen molar-refractivity contribution in [3.8, 4) is 23.1 Å². The van der Waals surface area contributed by atoms with Crippen molar-refractivity contribution in [2.24, 2.45) is 0 Å². The molecule has 1 aliphatic heterocycles. The lowest BCUT2D eigenvalue weighted by Gasteiger charge is -2.28. The number of aromatic amines is 1. The summed E-state index contributed by atoms with van der Waals surface area (Å²) in [5, 5.41) is 9.19. The van der Waals surface area contributed by atoms with E-state index in [9.17, 15) is 10.1 Å². The number of hydrogen-bond donors (Lipinski definition) is 1. The quantitative estimate of drug-likeness (QED) is 0.560. The molecule has 3 aromatic heterocycles. The van der Waals surface area contributed by atoms with Crippen molar-refractivity contribution in [2.45, 2.75) is 19.5 Å². The van der Waals surface area contributed by atoms with Gasteiger partial charge in [0.1, 0.15) is 5.82 Å². The van der Waals surface area contributed by atoms with Crippen LogP contribution in [0.3, 0.4) is 0 Å². The van der Waals surface area contributed by atoms with Gasteiger partial charge in [0.25, 0.3) is 5.56 Å². The van der Waals surface area contributed by atoms with E-state index in [1.165, 1.54) is 0 Å². The lowest BCUT2D eigenvalue weighted by molar-refractivity contribution is 0.238. The van der Waals surface area contributed by atoms with Crippen LogP contribution in [0.25, 0.3) is 17.1 Å². The summed E-state index contributed by atoms with van der Waals surface area (Å²) < 4.78 is 2.09. The first-order chi connectivity index (χ1) is 15.2. The first-order valence-corrected chi connectivity index (χ1v) is 10.1. The van der Waals surface area contributed by atoms with E-state index < -0.39 is 0 Å². The number of nitrogens with one attached hydrogen (secondary N) is 1. The highest BCUT2D eigenvalue weighted by Crippen LogP contribution is 2.21. The maximum absolute atomic E-state index is 12.8. The van der Waals surface area contributed by atoms with Crippen LogP contribution in [0.1, 0.15) is 22.5 Å². The summed E-state index contributed by atoms with van der Waals surface area (Å²) in [6.07, 6.45) is 6.11. The molecule has 7 heteroatoms. The Bertz CT molecular complexity index is 1330. The molecule has 0 bridgehead atoms. The number of pyridine rings is 1. The van der Waals surface area contributed by atoms with Gasteiger partial charge >= 0.3 is 0 Å². The van der Waals surface area contributed by atoms with Crippen LogP contribution in [0.15, 0.2) is 71.9 Å². The summed E-state index contributed by atoms with van der Waals surface area (Å²) in [7, 11) is 0. The van der Waals surface area contributed by atoms with Gasteiger partial charge in [0.05, 0.1) is 22.9 Å². The molecule has 1 N–H and O–H groups in total. The number of H-pyrrole nitrogens is 1. The third-order valence-electron chi connectivity index (χ3n) is 5.57. The van der Waals surface area contributed by atoms with Crippen molar-refractivity contribution in [1.29, 1.82) is 5.26 Å². The standard InChI is InChI=1S/C24H20N6O/c25-14-17-3-1-4-19(13-17)30-11-2-5-20(30)15-29-12-8-22-21(16-29)24(31)28-23(27-22)18-6-9-26-10-7-18/h1-7,9-11,13H,8,12,15-16H2,(H,27,28,31). The van der Waals surface area contributed by atoms with Gasteiger partial charge in [0, 0.05) is 61.6 Å². The Kier molecular flexibility index (Phi) is 4.90. The number of nitrogens with zero attached hydrogens (tertiary/aromatic N) is 5. The predicted molar refractivity (Wildman–Crippen MR) is 116 cm³/mol. The third kappa shape index (κ3) is 3.77. The van der Waals surface area contributed by atoms with Gasteiger partial charge in [0.15, 0.2) is 0 Å². The highest BCUT2D eigenvalue weighted by atomic mass is 16.1. The monoisotopic (exact) mass is 408 g/mol. The summed E-state index contributed by atoms with van der Waals surface area (Å²) in [6, 6.07) is 17.5. The third-order valence-corrected chi connectivity index (χ3v) is 5.57. The summed E-state index contributed by atoms with van der Waals surface area (Å²) in [6.45, 7) is 2.08. The largest absolute Gasteiger partial charge is 0.320 e. The van der Waals surface area contributed by atoms with Gasteiger partial charge in [-0.2, -0.15) is 5.26 Å². The van der Waals surface area contributed by atoms with Crippen molar-refractivity contribution in [3.63, 3.8) is 0 Å². The molecule has 1 aromatic carbocycles. The fourth-order valence-electron chi connectivity index (χ4n) is 4.01. The fraction of sp³-hybridized carbons (Fsp3) is 0.167. The molecule has 4 heterocycles. The van der Waals surface area contributed by atoms with Gasteiger partial charge in [-0.3, -0.25) is 14.7 Å². The van der Waals surface area contributed by atoms with Crippen LogP contribution in [-0.4, -0.2) is 31.0 Å². The van der Waals surface area contributed by atoms with Crippen molar-refractivity contribution in [3.05, 3.63) is 100.0 Å². The fourth-order valence-corrected chi connectivity index (χ4v) is 4.01. The van der Waals surface area contributed by atoms with Crippen molar-refractivity contribution in [1.82, 2.24) is 24.4 Å². The molecule has 0 amide bonds. The maximum Gasteiger partial charge on any atom is 0.255 e. The molecule has 31 heavy (non-hydrogen) atoms. The van der Waals surface area contributed by atoms with E-state index in [2.05, 4.69) is 31.6 Å². The topological polar surface area (TPSA) is 90.6 Å². The molecule has 0 aliphatic carbocycles. The second-order valence-electron chi connectivity index (χ2n) is 7.57. The van der Waals surface area contributed by atoms with Crippen LogP contribution >= 0.6 is 0 Å². The molecule has 0 saturated carbocycles. The normalized spacial score (nSPS) is 13.5. The molecular formula is C24H20N6O. The zero-order valence-corrected chi connectivity index (χ0v) is 16.8. The molecule has 4 aromatic rings. The number of fused-ring (bicyclic) bond motifs is 1.